The number of carbonyl (C=O) groups is 5. The van der Waals surface area contributed by atoms with Crippen LogP contribution in [0.4, 0.5) is 81.3 Å². The fourth-order valence-electron chi connectivity index (χ4n) is 7.74. The zero-order chi connectivity index (χ0) is 64.9. The normalized spacial score (nSPS) is 12.2. The lowest BCUT2D eigenvalue weighted by atomic mass is 10.1. The smallest absolute Gasteiger partial charge is 0.416 e. The van der Waals surface area contributed by atoms with Gasteiger partial charge in [0, 0.05) is 0 Å². The van der Waals surface area contributed by atoms with Gasteiger partial charge in [-0.1, -0.05) is 88.6 Å². The molecule has 9 aromatic rings. The Balaban J connectivity index is 0.000000173. The number of benzene rings is 6. The SMILES string of the molecule is O=C(Cl)c1nc(NC(=O)c2c(F)cccc2F)sc1-c1cccc(C(F)(F)F)c1.O=C(Nc1nc(C2=NCCO2)c(-c2cccc(C(F)(F)F)c2)s1)c1c(F)cccc1F.O=C(O)c1nc(NC(=O)c2c(F)cccc2F)sc1-c1cccc(C(F)(F)F)c1. The molecule has 460 valence electrons. The standard InChI is InChI=1S/C20H12F5N3O2S.C18H8ClF5N2O2S.C18H9F5N2O3S/c21-12-5-2-6-13(22)14(12)17(29)28-19-27-15(18-26-7-8-30-18)16(31-19)10-3-1-4-11(9-10)20(23,24)25;19-15(27)13-14(8-3-1-4-9(7-8)18(22,23)24)29-17(25-13)26-16(28)12-10(20)5-2-6-11(12)21;19-10-5-2-6-11(20)12(10)15(26)25-17-24-13(16(27)28)14(29-17)8-3-1-4-9(7-8)18(21,22)23/h1-6,9H,7-8H2,(H,27,28,29);1-7H,(H,25,26,28);1-7H,(H,27,28)(H,24,25,26). The van der Waals surface area contributed by atoms with E-state index < -0.39 is 127 Å². The minimum Gasteiger partial charge on any atom is -0.476 e. The van der Waals surface area contributed by atoms with E-state index in [0.717, 1.165) is 114 Å². The lowest BCUT2D eigenvalue weighted by Crippen LogP contribution is -2.16. The van der Waals surface area contributed by atoms with E-state index in [-0.39, 0.29) is 64.9 Å². The molecular formula is C56H29ClF15N7O7S3. The van der Waals surface area contributed by atoms with Crippen molar-refractivity contribution in [1.29, 1.82) is 0 Å². The van der Waals surface area contributed by atoms with Crippen molar-refractivity contribution < 1.29 is 99.7 Å². The average Bonchev–Trinajstić information content (AvgIpc) is 2.49. The van der Waals surface area contributed by atoms with E-state index in [2.05, 4.69) is 35.9 Å². The lowest BCUT2D eigenvalue weighted by Gasteiger charge is -2.08. The molecule has 3 amide bonds. The lowest BCUT2D eigenvalue weighted by molar-refractivity contribution is -0.138. The van der Waals surface area contributed by atoms with E-state index in [9.17, 15) is 94.9 Å². The topological polar surface area (TPSA) is 202 Å². The molecule has 0 radical (unpaired) electrons. The Morgan fingerprint density at radius 2 is 0.775 bits per heavy atom. The first kappa shape index (κ1) is 65.4. The summed E-state index contributed by atoms with van der Waals surface area (Å²) >= 11 is 7.49. The number of carboxylic acid groups (broad SMARTS) is 1. The van der Waals surface area contributed by atoms with Gasteiger partial charge >= 0.3 is 24.5 Å². The maximum absolute atomic E-state index is 13.9. The van der Waals surface area contributed by atoms with Crippen LogP contribution in [0.15, 0.2) is 132 Å². The average molecular weight is 1330 g/mol. The number of amides is 3. The van der Waals surface area contributed by atoms with Gasteiger partial charge in [0.05, 0.1) is 37.9 Å². The van der Waals surface area contributed by atoms with Crippen LogP contribution in [0.1, 0.15) is 74.4 Å². The number of aromatic carboxylic acids is 1. The zero-order valence-electron chi connectivity index (χ0n) is 43.5. The van der Waals surface area contributed by atoms with Gasteiger partial charge in [-0.2, -0.15) is 39.5 Å². The van der Waals surface area contributed by atoms with Crippen molar-refractivity contribution in [1.82, 2.24) is 15.0 Å². The molecule has 3 aromatic heterocycles. The third kappa shape index (κ3) is 15.6. The molecule has 0 aliphatic carbocycles. The highest BCUT2D eigenvalue weighted by Crippen LogP contribution is 2.41. The number of thiazole rings is 3. The van der Waals surface area contributed by atoms with Crippen LogP contribution in [0, 0.1) is 34.9 Å². The second-order valence-corrected chi connectivity index (χ2v) is 20.9. The van der Waals surface area contributed by atoms with Gasteiger partial charge in [-0.05, 0) is 101 Å². The number of hydrogen-bond acceptors (Lipinski definition) is 13. The summed E-state index contributed by atoms with van der Waals surface area (Å²) in [6, 6.07) is 21.1. The Labute approximate surface area is 505 Å². The molecule has 33 heteroatoms. The number of anilines is 3. The van der Waals surface area contributed by atoms with Crippen LogP contribution in [-0.2, 0) is 23.3 Å². The number of aliphatic imine (C=N–C) groups is 1. The largest absolute Gasteiger partial charge is 0.476 e. The van der Waals surface area contributed by atoms with Crippen LogP contribution >= 0.6 is 45.6 Å². The van der Waals surface area contributed by atoms with Gasteiger partial charge in [-0.3, -0.25) is 35.1 Å². The van der Waals surface area contributed by atoms with Crippen LogP contribution in [-0.4, -0.2) is 68.0 Å². The summed E-state index contributed by atoms with van der Waals surface area (Å²) in [5, 5.41) is 14.0. The quantitative estimate of drug-likeness (QED) is 0.0673. The molecule has 0 unspecified atom stereocenters. The molecule has 0 fully saturated rings. The molecule has 10 rings (SSSR count). The van der Waals surface area contributed by atoms with Gasteiger partial charge in [0.15, 0.2) is 21.1 Å². The van der Waals surface area contributed by atoms with Crippen molar-refractivity contribution in [2.24, 2.45) is 4.99 Å². The second kappa shape index (κ2) is 26.8. The monoisotopic (exact) mass is 1330 g/mol. The fraction of sp³-hybridized carbons (Fsp3) is 0.0893. The summed E-state index contributed by atoms with van der Waals surface area (Å²) in [4.78, 5) is 75.6. The summed E-state index contributed by atoms with van der Waals surface area (Å²) in [7, 11) is 0. The third-order valence-corrected chi connectivity index (χ3v) is 14.9. The highest BCUT2D eigenvalue weighted by atomic mass is 35.5. The van der Waals surface area contributed by atoms with Crippen molar-refractivity contribution >= 4 is 95.8 Å². The number of nitrogens with zero attached hydrogens (tertiary/aromatic N) is 4. The zero-order valence-corrected chi connectivity index (χ0v) is 46.7. The minimum absolute atomic E-state index is 0.0149. The van der Waals surface area contributed by atoms with Crippen LogP contribution in [0.3, 0.4) is 0 Å². The molecule has 6 aromatic carbocycles. The number of nitrogens with one attached hydrogen (secondary N) is 3. The van der Waals surface area contributed by atoms with E-state index in [1.807, 2.05) is 0 Å². The summed E-state index contributed by atoms with van der Waals surface area (Å²) in [6.45, 7) is 0.619. The molecule has 0 saturated carbocycles. The fourth-order valence-corrected chi connectivity index (χ4v) is 10.8. The van der Waals surface area contributed by atoms with Gasteiger partial charge in [0.25, 0.3) is 23.0 Å². The minimum atomic E-state index is -4.65. The van der Waals surface area contributed by atoms with Crippen molar-refractivity contribution in [3.8, 4) is 31.3 Å². The van der Waals surface area contributed by atoms with Gasteiger partial charge in [0.1, 0.15) is 69.6 Å². The number of alkyl halides is 9. The Morgan fingerprint density at radius 1 is 0.461 bits per heavy atom. The Morgan fingerprint density at radius 3 is 1.10 bits per heavy atom. The molecule has 0 atom stereocenters. The van der Waals surface area contributed by atoms with E-state index in [1.165, 1.54) is 24.3 Å². The van der Waals surface area contributed by atoms with Crippen molar-refractivity contribution in [2.75, 3.05) is 29.1 Å². The third-order valence-electron chi connectivity index (χ3n) is 11.6. The van der Waals surface area contributed by atoms with Crippen LogP contribution in [0.25, 0.3) is 31.3 Å². The van der Waals surface area contributed by atoms with E-state index in [4.69, 9.17) is 16.3 Å². The first-order valence-corrected chi connectivity index (χ1v) is 27.1. The maximum Gasteiger partial charge on any atom is 0.416 e. The van der Waals surface area contributed by atoms with E-state index in [1.54, 1.807) is 0 Å². The Bertz CT molecular complexity index is 4030. The molecule has 89 heavy (non-hydrogen) atoms. The molecule has 14 nitrogen and oxygen atoms in total. The molecule has 4 heterocycles. The number of hydrogen-bond donors (Lipinski definition) is 4. The molecule has 1 aliphatic rings. The van der Waals surface area contributed by atoms with Gasteiger partial charge < -0.3 is 9.84 Å². The maximum atomic E-state index is 13.9. The molecular weight excluding hydrogens is 1300 g/mol. The second-order valence-electron chi connectivity index (χ2n) is 17.6. The van der Waals surface area contributed by atoms with Crippen molar-refractivity contribution in [2.45, 2.75) is 18.5 Å². The van der Waals surface area contributed by atoms with Crippen LogP contribution in [0.5, 0.6) is 0 Å². The van der Waals surface area contributed by atoms with E-state index in [0.29, 0.717) is 29.2 Å². The highest BCUT2D eigenvalue weighted by Gasteiger charge is 2.35. The molecule has 0 bridgehead atoms. The first-order valence-electron chi connectivity index (χ1n) is 24.3. The Hall–Kier alpha value is -9.53. The number of carbonyl (C=O) groups excluding carboxylic acids is 4. The van der Waals surface area contributed by atoms with Gasteiger partial charge in [-0.15, -0.1) is 0 Å². The first-order chi connectivity index (χ1) is 41.9. The Kier molecular flexibility index (Phi) is 19.7. The van der Waals surface area contributed by atoms with Crippen LogP contribution in [0.2, 0.25) is 0 Å². The van der Waals surface area contributed by atoms with Crippen LogP contribution < -0.4 is 16.0 Å². The molecule has 0 spiro atoms. The molecule has 1 aliphatic heterocycles. The number of carboxylic acids is 1. The summed E-state index contributed by atoms with van der Waals surface area (Å²) in [5.74, 6) is -11.6. The predicted octanol–water partition coefficient (Wildman–Crippen LogP) is 15.9. The number of ether oxygens (including phenoxy) is 1. The van der Waals surface area contributed by atoms with Crippen molar-refractivity contribution in [3.05, 3.63) is 213 Å². The van der Waals surface area contributed by atoms with Crippen molar-refractivity contribution in [3.63, 3.8) is 0 Å². The summed E-state index contributed by atoms with van der Waals surface area (Å²) < 4.78 is 205. The van der Waals surface area contributed by atoms with E-state index >= 15 is 0 Å². The predicted molar refractivity (Wildman–Crippen MR) is 295 cm³/mol. The number of aromatic nitrogens is 3. The van der Waals surface area contributed by atoms with Gasteiger partial charge in [0.2, 0.25) is 5.90 Å². The number of halogens is 16. The molecule has 0 saturated heterocycles. The molecule has 4 N–H and O–H groups in total. The number of rotatable bonds is 12. The summed E-state index contributed by atoms with van der Waals surface area (Å²) in [6.07, 6.45) is -13.8. The summed E-state index contributed by atoms with van der Waals surface area (Å²) in [5.41, 5.74) is -6.21. The highest BCUT2D eigenvalue weighted by molar-refractivity contribution is 7.20. The van der Waals surface area contributed by atoms with Gasteiger partial charge in [-0.25, -0.2) is 51.1 Å².